The summed E-state index contributed by atoms with van der Waals surface area (Å²) in [7, 11) is 3.42. The zero-order valence-electron chi connectivity index (χ0n) is 13.5. The number of aromatic nitrogens is 2. The summed E-state index contributed by atoms with van der Waals surface area (Å²) in [5.74, 6) is -0.338. The Bertz CT molecular complexity index is 1080. The topological polar surface area (TPSA) is 44.1 Å². The Morgan fingerprint density at radius 1 is 1.08 bits per heavy atom. The molecular formula is C20H16N2O2. The van der Waals surface area contributed by atoms with Gasteiger partial charge in [-0.05, 0) is 30.3 Å². The summed E-state index contributed by atoms with van der Waals surface area (Å²) >= 11 is 0. The van der Waals surface area contributed by atoms with Crippen molar-refractivity contribution >= 4 is 27.8 Å². The lowest BCUT2D eigenvalue weighted by atomic mass is 10.1. The van der Waals surface area contributed by atoms with Gasteiger partial charge in [0, 0.05) is 35.1 Å². The second kappa shape index (κ2) is 5.49. The van der Waals surface area contributed by atoms with E-state index in [1.54, 1.807) is 12.1 Å². The fourth-order valence-corrected chi connectivity index (χ4v) is 3.07. The second-order valence-electron chi connectivity index (χ2n) is 5.77. The molecule has 4 nitrogen and oxygen atoms in total. The van der Waals surface area contributed by atoms with Crippen LogP contribution in [0.15, 0.2) is 60.8 Å². The van der Waals surface area contributed by atoms with Gasteiger partial charge in [0.2, 0.25) is 0 Å². The van der Waals surface area contributed by atoms with Crippen LogP contribution < -0.4 is 0 Å². The number of carbonyl (C=O) groups is 1. The number of hydrogen-bond donors (Lipinski definition) is 0. The van der Waals surface area contributed by atoms with Gasteiger partial charge in [0.1, 0.15) is 0 Å². The highest BCUT2D eigenvalue weighted by Crippen LogP contribution is 2.30. The van der Waals surface area contributed by atoms with Crippen molar-refractivity contribution in [2.24, 2.45) is 7.05 Å². The third kappa shape index (κ3) is 2.24. The van der Waals surface area contributed by atoms with Crippen molar-refractivity contribution in [3.8, 4) is 11.3 Å². The summed E-state index contributed by atoms with van der Waals surface area (Å²) in [4.78, 5) is 16.4. The fourth-order valence-electron chi connectivity index (χ4n) is 3.07. The zero-order valence-corrected chi connectivity index (χ0v) is 13.5. The predicted octanol–water partition coefficient (Wildman–Crippen LogP) is 4.18. The normalized spacial score (nSPS) is 11.1. The van der Waals surface area contributed by atoms with Crippen LogP contribution in [0.25, 0.3) is 33.1 Å². The highest BCUT2D eigenvalue weighted by atomic mass is 16.5. The van der Waals surface area contributed by atoms with E-state index in [0.717, 1.165) is 22.2 Å². The van der Waals surface area contributed by atoms with E-state index < -0.39 is 0 Å². The Hall–Kier alpha value is -3.14. The number of ether oxygens (including phenoxy) is 1. The van der Waals surface area contributed by atoms with E-state index in [0.29, 0.717) is 5.56 Å². The molecule has 0 aliphatic carbocycles. The number of fused-ring (bicyclic) bond motifs is 2. The van der Waals surface area contributed by atoms with Gasteiger partial charge in [-0.25, -0.2) is 9.78 Å². The van der Waals surface area contributed by atoms with Crippen molar-refractivity contribution in [1.29, 1.82) is 0 Å². The lowest BCUT2D eigenvalue weighted by molar-refractivity contribution is 0.0601. The standard InChI is InChI=1S/C20H16N2O2/c1-22-12-16(15-5-3-4-6-19(15)22)18-10-7-13-11-14(20(23)24-2)8-9-17(13)21-18/h3-12H,1-2H3. The molecule has 0 atom stereocenters. The third-order valence-electron chi connectivity index (χ3n) is 4.28. The van der Waals surface area contributed by atoms with Crippen LogP contribution >= 0.6 is 0 Å². The first-order valence-electron chi connectivity index (χ1n) is 7.71. The number of benzene rings is 2. The minimum Gasteiger partial charge on any atom is -0.465 e. The molecule has 0 amide bonds. The van der Waals surface area contributed by atoms with E-state index >= 15 is 0 Å². The predicted molar refractivity (Wildman–Crippen MR) is 95.0 cm³/mol. The number of rotatable bonds is 2. The molecule has 118 valence electrons. The molecule has 0 aliphatic heterocycles. The number of nitrogens with zero attached hydrogens (tertiary/aromatic N) is 2. The van der Waals surface area contributed by atoms with E-state index in [2.05, 4.69) is 22.9 Å². The summed E-state index contributed by atoms with van der Waals surface area (Å²) in [5, 5.41) is 2.10. The number of aryl methyl sites for hydroxylation is 1. The maximum atomic E-state index is 11.6. The highest BCUT2D eigenvalue weighted by Gasteiger charge is 2.11. The maximum Gasteiger partial charge on any atom is 0.337 e. The van der Waals surface area contributed by atoms with Gasteiger partial charge in [0.15, 0.2) is 0 Å². The molecule has 0 bridgehead atoms. The van der Waals surface area contributed by atoms with Crippen LogP contribution in [-0.2, 0) is 11.8 Å². The minimum absolute atomic E-state index is 0.338. The summed E-state index contributed by atoms with van der Waals surface area (Å²) in [5.41, 5.74) is 4.59. The van der Waals surface area contributed by atoms with Crippen LogP contribution in [0.2, 0.25) is 0 Å². The molecule has 0 fully saturated rings. The lowest BCUT2D eigenvalue weighted by Gasteiger charge is -2.04. The van der Waals surface area contributed by atoms with Crippen molar-refractivity contribution in [3.05, 3.63) is 66.4 Å². The molecule has 0 spiro atoms. The molecule has 4 aromatic rings. The van der Waals surface area contributed by atoms with Crippen molar-refractivity contribution in [2.75, 3.05) is 7.11 Å². The van der Waals surface area contributed by atoms with Gasteiger partial charge in [-0.1, -0.05) is 24.3 Å². The van der Waals surface area contributed by atoms with Crippen LogP contribution in [0.3, 0.4) is 0 Å². The van der Waals surface area contributed by atoms with Crippen LogP contribution in [0.5, 0.6) is 0 Å². The molecule has 0 aliphatic rings. The maximum absolute atomic E-state index is 11.6. The quantitative estimate of drug-likeness (QED) is 0.521. The third-order valence-corrected chi connectivity index (χ3v) is 4.28. The van der Waals surface area contributed by atoms with Crippen molar-refractivity contribution in [1.82, 2.24) is 9.55 Å². The van der Waals surface area contributed by atoms with Gasteiger partial charge in [-0.3, -0.25) is 0 Å². The smallest absolute Gasteiger partial charge is 0.337 e. The monoisotopic (exact) mass is 316 g/mol. The summed E-state index contributed by atoms with van der Waals surface area (Å²) in [6.07, 6.45) is 2.10. The Kier molecular flexibility index (Phi) is 3.31. The Labute approximate surface area is 139 Å². The van der Waals surface area contributed by atoms with Gasteiger partial charge in [0.25, 0.3) is 0 Å². The number of esters is 1. The van der Waals surface area contributed by atoms with E-state index in [9.17, 15) is 4.79 Å². The SMILES string of the molecule is COC(=O)c1ccc2nc(-c3cn(C)c4ccccc34)ccc2c1. The van der Waals surface area contributed by atoms with Crippen LogP contribution in [-0.4, -0.2) is 22.6 Å². The van der Waals surface area contributed by atoms with Gasteiger partial charge in [-0.15, -0.1) is 0 Å². The largest absolute Gasteiger partial charge is 0.465 e. The summed E-state index contributed by atoms with van der Waals surface area (Å²) in [6.45, 7) is 0. The average Bonchev–Trinajstić information content (AvgIpc) is 2.97. The second-order valence-corrected chi connectivity index (χ2v) is 5.77. The number of pyridine rings is 1. The van der Waals surface area contributed by atoms with Crippen molar-refractivity contribution in [3.63, 3.8) is 0 Å². The summed E-state index contributed by atoms with van der Waals surface area (Å²) in [6, 6.07) is 17.7. The fraction of sp³-hybridized carbons (Fsp3) is 0.100. The number of carbonyl (C=O) groups excluding carboxylic acids is 1. The Balaban J connectivity index is 1.87. The molecular weight excluding hydrogens is 300 g/mol. The highest BCUT2D eigenvalue weighted by molar-refractivity contribution is 5.98. The first-order chi connectivity index (χ1) is 11.7. The Morgan fingerprint density at radius 2 is 1.92 bits per heavy atom. The van der Waals surface area contributed by atoms with E-state index in [1.165, 1.54) is 18.0 Å². The van der Waals surface area contributed by atoms with E-state index in [4.69, 9.17) is 9.72 Å². The molecule has 0 radical (unpaired) electrons. The first-order valence-corrected chi connectivity index (χ1v) is 7.71. The average molecular weight is 316 g/mol. The van der Waals surface area contributed by atoms with Gasteiger partial charge >= 0.3 is 5.97 Å². The molecule has 2 heterocycles. The van der Waals surface area contributed by atoms with E-state index in [1.807, 2.05) is 37.4 Å². The van der Waals surface area contributed by atoms with Crippen molar-refractivity contribution < 1.29 is 9.53 Å². The van der Waals surface area contributed by atoms with Crippen LogP contribution in [0, 0.1) is 0 Å². The Morgan fingerprint density at radius 3 is 2.75 bits per heavy atom. The molecule has 4 rings (SSSR count). The number of para-hydroxylation sites is 1. The van der Waals surface area contributed by atoms with Gasteiger partial charge in [-0.2, -0.15) is 0 Å². The number of methoxy groups -OCH3 is 1. The van der Waals surface area contributed by atoms with Gasteiger partial charge in [0.05, 0.1) is 23.9 Å². The molecule has 0 N–H and O–H groups in total. The molecule has 0 saturated carbocycles. The van der Waals surface area contributed by atoms with Gasteiger partial charge < -0.3 is 9.30 Å². The molecule has 24 heavy (non-hydrogen) atoms. The molecule has 4 heteroatoms. The minimum atomic E-state index is -0.338. The van der Waals surface area contributed by atoms with E-state index in [-0.39, 0.29) is 5.97 Å². The molecule has 2 aromatic heterocycles. The lowest BCUT2D eigenvalue weighted by Crippen LogP contribution is -2.00. The van der Waals surface area contributed by atoms with Crippen LogP contribution in [0.1, 0.15) is 10.4 Å². The van der Waals surface area contributed by atoms with Crippen molar-refractivity contribution in [2.45, 2.75) is 0 Å². The molecule has 2 aromatic carbocycles. The number of hydrogen-bond acceptors (Lipinski definition) is 3. The molecule has 0 unspecified atom stereocenters. The van der Waals surface area contributed by atoms with Crippen LogP contribution in [0.4, 0.5) is 0 Å². The first kappa shape index (κ1) is 14.5. The summed E-state index contributed by atoms with van der Waals surface area (Å²) < 4.78 is 6.88. The zero-order chi connectivity index (χ0) is 16.7. The molecule has 0 saturated heterocycles.